The molecule has 3 rings (SSSR count). The number of nitrogens with one attached hydrogen (secondary N) is 1. The average Bonchev–Trinajstić information content (AvgIpc) is 2.88. The third-order valence-electron chi connectivity index (χ3n) is 3.83. The third kappa shape index (κ3) is 3.60. The Kier molecular flexibility index (Phi) is 3.92. The van der Waals surface area contributed by atoms with Crippen molar-refractivity contribution in [1.82, 2.24) is 25.0 Å². The number of thiazole rings is 1. The first-order chi connectivity index (χ1) is 10.2. The highest BCUT2D eigenvalue weighted by molar-refractivity contribution is 7.09. The van der Waals surface area contributed by atoms with E-state index >= 15 is 0 Å². The summed E-state index contributed by atoms with van der Waals surface area (Å²) in [4.78, 5) is 18.0. The molecule has 1 fully saturated rings. The fraction of sp³-hybridized carbons (Fsp3) is 0.500. The Morgan fingerprint density at radius 2 is 2.38 bits per heavy atom. The Bertz CT molecular complexity index is 577. The molecular formula is C14H19N5OS. The van der Waals surface area contributed by atoms with Crippen molar-refractivity contribution in [2.45, 2.75) is 25.9 Å². The number of aromatic nitrogens is 3. The first-order valence-electron chi connectivity index (χ1n) is 7.02. The van der Waals surface area contributed by atoms with Gasteiger partial charge in [-0.25, -0.2) is 9.78 Å². The lowest BCUT2D eigenvalue weighted by Gasteiger charge is -2.20. The number of carbonyl (C=O) groups excluding carboxylic acids is 1. The molecule has 6 nitrogen and oxygen atoms in total. The minimum absolute atomic E-state index is 0.0445. The van der Waals surface area contributed by atoms with Gasteiger partial charge in [-0.1, -0.05) is 0 Å². The second-order valence-electron chi connectivity index (χ2n) is 5.64. The lowest BCUT2D eigenvalue weighted by Crippen LogP contribution is -2.40. The molecule has 112 valence electrons. The van der Waals surface area contributed by atoms with Gasteiger partial charge in [0.25, 0.3) is 0 Å². The highest BCUT2D eigenvalue weighted by Crippen LogP contribution is 2.46. The van der Waals surface area contributed by atoms with E-state index in [1.807, 2.05) is 22.3 Å². The summed E-state index contributed by atoms with van der Waals surface area (Å²) in [7, 11) is 1.80. The lowest BCUT2D eigenvalue weighted by atomic mass is 10.1. The topological polar surface area (TPSA) is 63.1 Å². The molecule has 1 N–H and O–H groups in total. The molecule has 2 aromatic rings. The van der Waals surface area contributed by atoms with Gasteiger partial charge in [-0.3, -0.25) is 4.68 Å². The van der Waals surface area contributed by atoms with Crippen LogP contribution >= 0.6 is 11.3 Å². The zero-order chi connectivity index (χ0) is 14.7. The maximum atomic E-state index is 12.1. The number of urea groups is 1. The summed E-state index contributed by atoms with van der Waals surface area (Å²) < 4.78 is 1.94. The molecule has 1 aliphatic rings. The molecule has 2 heterocycles. The highest BCUT2D eigenvalue weighted by Gasteiger charge is 2.43. The van der Waals surface area contributed by atoms with Crippen molar-refractivity contribution in [1.29, 1.82) is 0 Å². The number of nitrogens with zero attached hydrogens (tertiary/aromatic N) is 4. The Hall–Kier alpha value is -1.89. The van der Waals surface area contributed by atoms with Gasteiger partial charge in [0.05, 0.1) is 6.54 Å². The second-order valence-corrected chi connectivity index (χ2v) is 6.62. The van der Waals surface area contributed by atoms with E-state index in [0.29, 0.717) is 13.1 Å². The lowest BCUT2D eigenvalue weighted by molar-refractivity contribution is 0.203. The number of rotatable bonds is 6. The minimum atomic E-state index is -0.0445. The zero-order valence-corrected chi connectivity index (χ0v) is 12.8. The van der Waals surface area contributed by atoms with Crippen LogP contribution in [0.4, 0.5) is 4.79 Å². The van der Waals surface area contributed by atoms with Gasteiger partial charge in [-0.15, -0.1) is 11.3 Å². The summed E-state index contributed by atoms with van der Waals surface area (Å²) in [6, 6.07) is 1.88. The van der Waals surface area contributed by atoms with Crippen molar-refractivity contribution < 1.29 is 4.79 Å². The van der Waals surface area contributed by atoms with Crippen LogP contribution in [0.25, 0.3) is 0 Å². The predicted molar refractivity (Wildman–Crippen MR) is 80.9 cm³/mol. The van der Waals surface area contributed by atoms with Crippen LogP contribution in [0, 0.1) is 5.41 Å². The maximum absolute atomic E-state index is 12.1. The van der Waals surface area contributed by atoms with Crippen molar-refractivity contribution in [3.8, 4) is 0 Å². The van der Waals surface area contributed by atoms with E-state index < -0.39 is 0 Å². The van der Waals surface area contributed by atoms with Crippen molar-refractivity contribution in [3.63, 3.8) is 0 Å². The molecule has 0 atom stereocenters. The molecule has 0 radical (unpaired) electrons. The summed E-state index contributed by atoms with van der Waals surface area (Å²) in [5, 5.41) is 10.1. The van der Waals surface area contributed by atoms with Gasteiger partial charge in [-0.2, -0.15) is 5.10 Å². The van der Waals surface area contributed by atoms with Crippen LogP contribution in [0.1, 0.15) is 17.8 Å². The molecule has 0 spiro atoms. The summed E-state index contributed by atoms with van der Waals surface area (Å²) in [5.41, 5.74) is 0.184. The van der Waals surface area contributed by atoms with Crippen LogP contribution in [-0.4, -0.2) is 39.3 Å². The van der Waals surface area contributed by atoms with Gasteiger partial charge in [0.15, 0.2) is 0 Å². The number of amides is 2. The van der Waals surface area contributed by atoms with Crippen LogP contribution in [0.15, 0.2) is 30.0 Å². The summed E-state index contributed by atoms with van der Waals surface area (Å²) in [6.07, 6.45) is 7.80. The SMILES string of the molecule is CN(Cc1nccs1)C(=O)NCC1(Cn2cccn2)CC1. The molecule has 2 amide bonds. The molecule has 0 unspecified atom stereocenters. The molecule has 0 aliphatic heterocycles. The molecule has 7 heteroatoms. The summed E-state index contributed by atoms with van der Waals surface area (Å²) in [6.45, 7) is 2.13. The molecular weight excluding hydrogens is 286 g/mol. The monoisotopic (exact) mass is 305 g/mol. The average molecular weight is 305 g/mol. The molecule has 21 heavy (non-hydrogen) atoms. The first-order valence-corrected chi connectivity index (χ1v) is 7.90. The smallest absolute Gasteiger partial charge is 0.317 e. The Morgan fingerprint density at radius 1 is 1.52 bits per heavy atom. The van der Waals surface area contributed by atoms with Crippen molar-refractivity contribution in [2.75, 3.05) is 13.6 Å². The molecule has 2 aromatic heterocycles. The largest absolute Gasteiger partial charge is 0.337 e. The van der Waals surface area contributed by atoms with Gasteiger partial charge in [0, 0.05) is 49.5 Å². The summed E-state index contributed by atoms with van der Waals surface area (Å²) in [5.74, 6) is 0. The molecule has 1 aliphatic carbocycles. The van der Waals surface area contributed by atoms with E-state index in [4.69, 9.17) is 0 Å². The van der Waals surface area contributed by atoms with Crippen molar-refractivity contribution in [3.05, 3.63) is 35.0 Å². The van der Waals surface area contributed by atoms with Crippen LogP contribution in [0.3, 0.4) is 0 Å². The van der Waals surface area contributed by atoms with Gasteiger partial charge < -0.3 is 10.2 Å². The van der Waals surface area contributed by atoms with Gasteiger partial charge in [-0.05, 0) is 18.9 Å². The van der Waals surface area contributed by atoms with Crippen LogP contribution in [0.2, 0.25) is 0 Å². The number of carbonyl (C=O) groups is 1. The maximum Gasteiger partial charge on any atom is 0.317 e. The fourth-order valence-electron chi connectivity index (χ4n) is 2.31. The normalized spacial score (nSPS) is 15.7. The van der Waals surface area contributed by atoms with E-state index in [0.717, 1.165) is 24.4 Å². The van der Waals surface area contributed by atoms with Crippen LogP contribution in [-0.2, 0) is 13.1 Å². The Labute approximate surface area is 127 Å². The quantitative estimate of drug-likeness (QED) is 0.887. The Morgan fingerprint density at radius 3 is 3.00 bits per heavy atom. The van der Waals surface area contributed by atoms with Crippen LogP contribution < -0.4 is 5.32 Å². The summed E-state index contributed by atoms with van der Waals surface area (Å²) >= 11 is 1.56. The second kappa shape index (κ2) is 5.85. The highest BCUT2D eigenvalue weighted by atomic mass is 32.1. The van der Waals surface area contributed by atoms with Gasteiger partial charge >= 0.3 is 6.03 Å². The van der Waals surface area contributed by atoms with Gasteiger partial charge in [0.1, 0.15) is 5.01 Å². The fourth-order valence-corrected chi connectivity index (χ4v) is 2.98. The zero-order valence-electron chi connectivity index (χ0n) is 12.0. The predicted octanol–water partition coefficient (Wildman–Crippen LogP) is 1.96. The number of hydrogen-bond donors (Lipinski definition) is 1. The van der Waals surface area contributed by atoms with E-state index in [2.05, 4.69) is 15.4 Å². The molecule has 0 bridgehead atoms. The molecule has 0 saturated heterocycles. The molecule has 1 saturated carbocycles. The standard InChI is InChI=1S/C14H19N5OS/c1-18(9-12-15-6-8-21-12)13(20)16-10-14(3-4-14)11-19-7-2-5-17-19/h2,5-8H,3-4,9-11H2,1H3,(H,16,20). The molecule has 0 aromatic carbocycles. The van der Waals surface area contributed by atoms with Gasteiger partial charge in [0.2, 0.25) is 0 Å². The van der Waals surface area contributed by atoms with Crippen molar-refractivity contribution >= 4 is 17.4 Å². The third-order valence-corrected chi connectivity index (χ3v) is 4.60. The van der Waals surface area contributed by atoms with Crippen molar-refractivity contribution in [2.24, 2.45) is 5.41 Å². The first kappa shape index (κ1) is 14.1. The van der Waals surface area contributed by atoms with E-state index in [1.54, 1.807) is 35.7 Å². The van der Waals surface area contributed by atoms with E-state index in [1.165, 1.54) is 0 Å². The number of hydrogen-bond acceptors (Lipinski definition) is 4. The van der Waals surface area contributed by atoms with Crippen LogP contribution in [0.5, 0.6) is 0 Å². The minimum Gasteiger partial charge on any atom is -0.337 e. The Balaban J connectivity index is 1.47. The van der Waals surface area contributed by atoms with E-state index in [-0.39, 0.29) is 11.4 Å². The van der Waals surface area contributed by atoms with E-state index in [9.17, 15) is 4.79 Å².